The Hall–Kier alpha value is -0.0900. The van der Waals surface area contributed by atoms with Gasteiger partial charge >= 0.3 is 0 Å². The molecule has 0 amide bonds. The van der Waals surface area contributed by atoms with Gasteiger partial charge in [-0.1, -0.05) is 31.5 Å². The molecule has 0 radical (unpaired) electrons. The molecule has 0 spiro atoms. The van der Waals surface area contributed by atoms with Gasteiger partial charge in [-0.3, -0.25) is 11.3 Å². The lowest BCUT2D eigenvalue weighted by atomic mass is 9.72. The topological polar surface area (TPSA) is 38.0 Å². The van der Waals surface area contributed by atoms with Crippen molar-refractivity contribution in [2.45, 2.75) is 39.2 Å². The van der Waals surface area contributed by atoms with Crippen molar-refractivity contribution in [2.24, 2.45) is 23.6 Å². The Labute approximate surface area is 129 Å². The molecule has 106 valence electrons. The van der Waals surface area contributed by atoms with Crippen LogP contribution in [0.4, 0.5) is 0 Å². The van der Waals surface area contributed by atoms with Crippen molar-refractivity contribution in [3.63, 3.8) is 0 Å². The Morgan fingerprint density at radius 1 is 1.26 bits per heavy atom. The summed E-state index contributed by atoms with van der Waals surface area (Å²) in [6.07, 6.45) is 3.80. The molecular weight excluding hydrogens is 324 g/mol. The van der Waals surface area contributed by atoms with Gasteiger partial charge in [-0.2, -0.15) is 0 Å². The Morgan fingerprint density at radius 2 is 1.89 bits per heavy atom. The highest BCUT2D eigenvalue weighted by atomic mass is 79.9. The van der Waals surface area contributed by atoms with E-state index in [2.05, 4.69) is 47.3 Å². The summed E-state index contributed by atoms with van der Waals surface area (Å²) in [5.74, 6) is 7.97. The van der Waals surface area contributed by atoms with Gasteiger partial charge in [0, 0.05) is 10.5 Å². The van der Waals surface area contributed by atoms with Gasteiger partial charge in [0.05, 0.1) is 5.02 Å². The summed E-state index contributed by atoms with van der Waals surface area (Å²) >= 11 is 9.55. The first-order valence-corrected chi connectivity index (χ1v) is 8.09. The molecule has 1 aromatic carbocycles. The summed E-state index contributed by atoms with van der Waals surface area (Å²) in [4.78, 5) is 0. The number of hydrazine groups is 1. The molecule has 19 heavy (non-hydrogen) atoms. The number of halogens is 2. The average molecular weight is 346 g/mol. The summed E-state index contributed by atoms with van der Waals surface area (Å²) in [5, 5.41) is 0.741. The highest BCUT2D eigenvalue weighted by molar-refractivity contribution is 9.10. The maximum absolute atomic E-state index is 6.06. The van der Waals surface area contributed by atoms with Gasteiger partial charge in [-0.15, -0.1) is 0 Å². The molecule has 1 fully saturated rings. The molecule has 1 saturated carbocycles. The second-order valence-electron chi connectivity index (χ2n) is 6.00. The number of nitrogens with one attached hydrogen (secondary N) is 1. The molecule has 0 aromatic heterocycles. The highest BCUT2D eigenvalue weighted by Gasteiger charge is 2.30. The minimum Gasteiger partial charge on any atom is -0.271 e. The van der Waals surface area contributed by atoms with Gasteiger partial charge in [-0.25, -0.2) is 0 Å². The lowest BCUT2D eigenvalue weighted by Crippen LogP contribution is -2.37. The van der Waals surface area contributed by atoms with Crippen LogP contribution in [0.25, 0.3) is 0 Å². The predicted octanol–water partition coefficient (Wildman–Crippen LogP) is 4.68. The van der Waals surface area contributed by atoms with Crippen molar-refractivity contribution >= 4 is 27.5 Å². The zero-order valence-electron chi connectivity index (χ0n) is 11.5. The maximum atomic E-state index is 6.06. The summed E-state index contributed by atoms with van der Waals surface area (Å²) < 4.78 is 0.934. The van der Waals surface area contributed by atoms with E-state index in [9.17, 15) is 0 Å². The lowest BCUT2D eigenvalue weighted by molar-refractivity contribution is 0.177. The van der Waals surface area contributed by atoms with Gasteiger partial charge < -0.3 is 0 Å². The fraction of sp³-hybridized carbons (Fsp3) is 0.600. The molecular formula is C15H22BrClN2. The van der Waals surface area contributed by atoms with Crippen LogP contribution in [0.5, 0.6) is 0 Å². The number of benzene rings is 1. The van der Waals surface area contributed by atoms with Crippen LogP contribution in [0.1, 0.15) is 44.7 Å². The standard InChI is InChI=1S/C15H22BrClN2/c1-9-5-10(2)7-12(6-9)15(19-18)11-3-4-14(17)13(16)8-11/h3-4,8-10,12,15,19H,5-7,18H2,1-2H3. The smallest absolute Gasteiger partial charge is 0.0548 e. The summed E-state index contributed by atoms with van der Waals surface area (Å²) in [6, 6.07) is 6.29. The fourth-order valence-corrected chi connectivity index (χ4v) is 4.01. The van der Waals surface area contributed by atoms with Crippen LogP contribution in [0.3, 0.4) is 0 Å². The predicted molar refractivity (Wildman–Crippen MR) is 84.9 cm³/mol. The fourth-order valence-electron chi connectivity index (χ4n) is 3.49. The van der Waals surface area contributed by atoms with Crippen LogP contribution in [0.2, 0.25) is 5.02 Å². The Balaban J connectivity index is 2.21. The molecule has 4 heteroatoms. The normalized spacial score (nSPS) is 29.2. The van der Waals surface area contributed by atoms with E-state index in [1.54, 1.807) is 0 Å². The molecule has 2 rings (SSSR count). The van der Waals surface area contributed by atoms with Gasteiger partial charge in [0.25, 0.3) is 0 Å². The van der Waals surface area contributed by atoms with Gasteiger partial charge in [0.15, 0.2) is 0 Å². The second kappa shape index (κ2) is 6.57. The molecule has 2 nitrogen and oxygen atoms in total. The molecule has 3 unspecified atom stereocenters. The lowest BCUT2D eigenvalue weighted by Gasteiger charge is -2.36. The molecule has 0 bridgehead atoms. The SMILES string of the molecule is CC1CC(C)CC(C(NN)c2ccc(Cl)c(Br)c2)C1. The average Bonchev–Trinajstić information content (AvgIpc) is 2.33. The van der Waals surface area contributed by atoms with E-state index in [4.69, 9.17) is 17.4 Å². The van der Waals surface area contributed by atoms with E-state index in [0.29, 0.717) is 5.92 Å². The summed E-state index contributed by atoms with van der Waals surface area (Å²) in [7, 11) is 0. The van der Waals surface area contributed by atoms with Gasteiger partial charge in [-0.05, 0) is 70.6 Å². The molecule has 1 aliphatic carbocycles. The number of hydrogen-bond acceptors (Lipinski definition) is 2. The van der Waals surface area contributed by atoms with Crippen LogP contribution in [0, 0.1) is 17.8 Å². The van der Waals surface area contributed by atoms with Crippen molar-refractivity contribution in [2.75, 3.05) is 0 Å². The molecule has 1 aromatic rings. The third kappa shape index (κ3) is 3.72. The minimum absolute atomic E-state index is 0.207. The maximum Gasteiger partial charge on any atom is 0.0548 e. The van der Waals surface area contributed by atoms with Crippen molar-refractivity contribution in [1.82, 2.24) is 5.43 Å². The van der Waals surface area contributed by atoms with Crippen LogP contribution in [-0.2, 0) is 0 Å². The zero-order valence-corrected chi connectivity index (χ0v) is 13.8. The number of hydrogen-bond donors (Lipinski definition) is 2. The van der Waals surface area contributed by atoms with Crippen LogP contribution in [0.15, 0.2) is 22.7 Å². The van der Waals surface area contributed by atoms with Crippen LogP contribution >= 0.6 is 27.5 Å². The molecule has 3 N–H and O–H groups in total. The third-order valence-electron chi connectivity index (χ3n) is 4.17. The third-order valence-corrected chi connectivity index (χ3v) is 5.38. The van der Waals surface area contributed by atoms with Crippen molar-refractivity contribution in [1.29, 1.82) is 0 Å². The first-order chi connectivity index (χ1) is 9.01. The second-order valence-corrected chi connectivity index (χ2v) is 7.26. The van der Waals surface area contributed by atoms with E-state index >= 15 is 0 Å². The molecule has 3 atom stereocenters. The van der Waals surface area contributed by atoms with E-state index in [-0.39, 0.29) is 6.04 Å². The summed E-state index contributed by atoms with van der Waals surface area (Å²) in [5.41, 5.74) is 4.22. The Bertz CT molecular complexity index is 428. The van der Waals surface area contributed by atoms with E-state index in [1.165, 1.54) is 24.8 Å². The quantitative estimate of drug-likeness (QED) is 0.616. The highest BCUT2D eigenvalue weighted by Crippen LogP contribution is 2.40. The van der Waals surface area contributed by atoms with Crippen molar-refractivity contribution in [3.05, 3.63) is 33.3 Å². The summed E-state index contributed by atoms with van der Waals surface area (Å²) in [6.45, 7) is 4.68. The zero-order chi connectivity index (χ0) is 14.0. The number of rotatable bonds is 3. The molecule has 0 saturated heterocycles. The Kier molecular flexibility index (Phi) is 5.29. The van der Waals surface area contributed by atoms with Crippen LogP contribution < -0.4 is 11.3 Å². The van der Waals surface area contributed by atoms with E-state index < -0.39 is 0 Å². The minimum atomic E-state index is 0.207. The van der Waals surface area contributed by atoms with E-state index in [1.807, 2.05) is 6.07 Å². The molecule has 0 heterocycles. The first kappa shape index (κ1) is 15.3. The Morgan fingerprint density at radius 3 is 2.42 bits per heavy atom. The first-order valence-electron chi connectivity index (χ1n) is 6.92. The van der Waals surface area contributed by atoms with Crippen LogP contribution in [-0.4, -0.2) is 0 Å². The largest absolute Gasteiger partial charge is 0.271 e. The molecule has 1 aliphatic rings. The van der Waals surface area contributed by atoms with E-state index in [0.717, 1.165) is 21.3 Å². The van der Waals surface area contributed by atoms with Gasteiger partial charge in [0.1, 0.15) is 0 Å². The molecule has 0 aliphatic heterocycles. The van der Waals surface area contributed by atoms with Crippen molar-refractivity contribution < 1.29 is 0 Å². The van der Waals surface area contributed by atoms with Crippen molar-refractivity contribution in [3.8, 4) is 0 Å². The number of nitrogens with two attached hydrogens (primary N) is 1. The monoisotopic (exact) mass is 344 g/mol. The van der Waals surface area contributed by atoms with Gasteiger partial charge in [0.2, 0.25) is 0 Å².